The molecule has 1 aliphatic heterocycles. The van der Waals surface area contributed by atoms with Crippen LogP contribution in [-0.4, -0.2) is 11.7 Å². The number of ether oxygens (including phenoxy) is 1. The first-order chi connectivity index (χ1) is 12.7. The third-order valence-electron chi connectivity index (χ3n) is 4.13. The molecule has 0 aliphatic carbocycles. The van der Waals surface area contributed by atoms with E-state index in [9.17, 15) is 9.18 Å². The molecule has 130 valence electrons. The normalized spacial score (nSPS) is 16.7. The molecule has 1 amide bonds. The molecule has 1 atom stereocenters. The highest BCUT2D eigenvalue weighted by atomic mass is 32.2. The molecule has 0 N–H and O–H groups in total. The van der Waals surface area contributed by atoms with Crippen molar-refractivity contribution < 1.29 is 13.9 Å². The lowest BCUT2D eigenvalue weighted by Gasteiger charge is -2.26. The second kappa shape index (κ2) is 7.22. The smallest absolute Gasteiger partial charge is 0.238 e. The number of nitrogens with zero attached hydrogens (tertiary/aromatic N) is 1. The van der Waals surface area contributed by atoms with Crippen LogP contribution in [0.25, 0.3) is 0 Å². The maximum atomic E-state index is 14.3. The number of amides is 1. The lowest BCUT2D eigenvalue weighted by molar-refractivity contribution is -0.115. The molecule has 3 aromatic carbocycles. The molecule has 26 heavy (non-hydrogen) atoms. The highest BCUT2D eigenvalue weighted by molar-refractivity contribution is 8.00. The molecule has 1 heterocycles. The molecule has 1 fully saturated rings. The van der Waals surface area contributed by atoms with E-state index < -0.39 is 5.37 Å². The van der Waals surface area contributed by atoms with E-state index >= 15 is 0 Å². The van der Waals surface area contributed by atoms with Gasteiger partial charge in [0.1, 0.15) is 16.9 Å². The lowest BCUT2D eigenvalue weighted by Crippen LogP contribution is -2.28. The van der Waals surface area contributed by atoms with Gasteiger partial charge in [-0.3, -0.25) is 9.69 Å². The van der Waals surface area contributed by atoms with Gasteiger partial charge in [0.05, 0.1) is 11.4 Å². The highest BCUT2D eigenvalue weighted by Gasteiger charge is 2.36. The minimum Gasteiger partial charge on any atom is -0.455 e. The summed E-state index contributed by atoms with van der Waals surface area (Å²) in [5.74, 6) is 1.18. The number of carbonyl (C=O) groups is 1. The maximum absolute atomic E-state index is 14.3. The van der Waals surface area contributed by atoms with Gasteiger partial charge in [0.25, 0.3) is 0 Å². The van der Waals surface area contributed by atoms with E-state index in [1.807, 2.05) is 54.6 Å². The third kappa shape index (κ3) is 3.18. The van der Waals surface area contributed by atoms with Gasteiger partial charge in [0, 0.05) is 5.56 Å². The number of halogens is 1. The highest BCUT2D eigenvalue weighted by Crippen LogP contribution is 2.46. The number of para-hydroxylation sites is 3. The molecule has 0 aromatic heterocycles. The van der Waals surface area contributed by atoms with Crippen LogP contribution in [0.3, 0.4) is 0 Å². The lowest BCUT2D eigenvalue weighted by atomic mass is 10.1. The van der Waals surface area contributed by atoms with Crippen molar-refractivity contribution in [3.63, 3.8) is 0 Å². The van der Waals surface area contributed by atoms with Crippen molar-refractivity contribution in [1.29, 1.82) is 0 Å². The summed E-state index contributed by atoms with van der Waals surface area (Å²) in [4.78, 5) is 14.2. The molecule has 3 nitrogen and oxygen atoms in total. The van der Waals surface area contributed by atoms with Crippen molar-refractivity contribution in [2.24, 2.45) is 0 Å². The maximum Gasteiger partial charge on any atom is 0.238 e. The average molecular weight is 365 g/mol. The van der Waals surface area contributed by atoms with Crippen LogP contribution < -0.4 is 9.64 Å². The Morgan fingerprint density at radius 2 is 1.62 bits per heavy atom. The SMILES string of the molecule is O=C1CSC(c2ccccc2F)N1c1ccccc1Oc1ccccc1. The minimum atomic E-state index is -0.413. The van der Waals surface area contributed by atoms with Crippen molar-refractivity contribution >= 4 is 23.4 Å². The number of hydrogen-bond donors (Lipinski definition) is 0. The van der Waals surface area contributed by atoms with E-state index in [1.165, 1.54) is 17.8 Å². The standard InChI is InChI=1S/C21H16FNO2S/c22-17-11-5-4-10-16(17)21-23(20(24)14-26-21)18-12-6-7-13-19(18)25-15-8-2-1-3-9-15/h1-13,21H,14H2. The Bertz CT molecular complexity index is 932. The summed E-state index contributed by atoms with van der Waals surface area (Å²) in [5, 5.41) is -0.413. The molecule has 1 unspecified atom stereocenters. The van der Waals surface area contributed by atoms with Gasteiger partial charge in [-0.05, 0) is 30.3 Å². The van der Waals surface area contributed by atoms with Crippen LogP contribution >= 0.6 is 11.8 Å². The van der Waals surface area contributed by atoms with Gasteiger partial charge in [-0.15, -0.1) is 11.8 Å². The Morgan fingerprint density at radius 1 is 0.923 bits per heavy atom. The number of carbonyl (C=O) groups excluding carboxylic acids is 1. The van der Waals surface area contributed by atoms with Gasteiger partial charge in [-0.25, -0.2) is 4.39 Å². The van der Waals surface area contributed by atoms with E-state index in [4.69, 9.17) is 4.74 Å². The third-order valence-corrected chi connectivity index (χ3v) is 5.33. The van der Waals surface area contributed by atoms with E-state index in [1.54, 1.807) is 23.1 Å². The summed E-state index contributed by atoms with van der Waals surface area (Å²) in [7, 11) is 0. The number of thioether (sulfide) groups is 1. The van der Waals surface area contributed by atoms with Crippen molar-refractivity contribution in [3.05, 3.63) is 90.2 Å². The zero-order chi connectivity index (χ0) is 17.9. The van der Waals surface area contributed by atoms with Crippen LogP contribution in [0.15, 0.2) is 78.9 Å². The quantitative estimate of drug-likeness (QED) is 0.620. The first kappa shape index (κ1) is 16.7. The summed E-state index contributed by atoms with van der Waals surface area (Å²) in [6, 6.07) is 23.3. The summed E-state index contributed by atoms with van der Waals surface area (Å²) in [6.07, 6.45) is 0. The topological polar surface area (TPSA) is 29.5 Å². The number of benzene rings is 3. The molecule has 1 aliphatic rings. The molecule has 3 aromatic rings. The molecule has 0 bridgehead atoms. The fourth-order valence-electron chi connectivity index (χ4n) is 2.95. The van der Waals surface area contributed by atoms with Gasteiger partial charge in [0.2, 0.25) is 5.91 Å². The fourth-order valence-corrected chi connectivity index (χ4v) is 4.14. The van der Waals surface area contributed by atoms with Gasteiger partial charge >= 0.3 is 0 Å². The predicted octanol–water partition coefficient (Wildman–Crippen LogP) is 5.40. The summed E-state index contributed by atoms with van der Waals surface area (Å²) in [5.41, 5.74) is 1.14. The summed E-state index contributed by atoms with van der Waals surface area (Å²) < 4.78 is 20.3. The molecular weight excluding hydrogens is 349 g/mol. The van der Waals surface area contributed by atoms with Crippen molar-refractivity contribution in [3.8, 4) is 11.5 Å². The molecular formula is C21H16FNO2S. The second-order valence-corrected chi connectivity index (χ2v) is 6.90. The van der Waals surface area contributed by atoms with Crippen LogP contribution in [-0.2, 0) is 4.79 Å². The van der Waals surface area contributed by atoms with Crippen molar-refractivity contribution in [1.82, 2.24) is 0 Å². The van der Waals surface area contributed by atoms with Crippen LogP contribution in [0.4, 0.5) is 10.1 Å². The molecule has 4 rings (SSSR count). The van der Waals surface area contributed by atoms with Crippen LogP contribution in [0.5, 0.6) is 11.5 Å². The average Bonchev–Trinajstić information content (AvgIpc) is 3.05. The zero-order valence-electron chi connectivity index (χ0n) is 13.8. The van der Waals surface area contributed by atoms with E-state index in [-0.39, 0.29) is 11.7 Å². The monoisotopic (exact) mass is 365 g/mol. The van der Waals surface area contributed by atoms with Gasteiger partial charge in [-0.2, -0.15) is 0 Å². The Balaban J connectivity index is 1.74. The van der Waals surface area contributed by atoms with Gasteiger partial charge < -0.3 is 4.74 Å². The Hall–Kier alpha value is -2.79. The first-order valence-electron chi connectivity index (χ1n) is 8.24. The molecule has 5 heteroatoms. The fraction of sp³-hybridized carbons (Fsp3) is 0.0952. The van der Waals surface area contributed by atoms with E-state index in [0.717, 1.165) is 0 Å². The van der Waals surface area contributed by atoms with E-state index in [2.05, 4.69) is 0 Å². The largest absolute Gasteiger partial charge is 0.455 e. The Kier molecular flexibility index (Phi) is 4.63. The number of hydrogen-bond acceptors (Lipinski definition) is 3. The summed E-state index contributed by atoms with van der Waals surface area (Å²) >= 11 is 1.42. The molecule has 1 saturated heterocycles. The number of anilines is 1. The van der Waals surface area contributed by atoms with Gasteiger partial charge in [-0.1, -0.05) is 48.5 Å². The van der Waals surface area contributed by atoms with Crippen LogP contribution in [0, 0.1) is 5.82 Å². The van der Waals surface area contributed by atoms with Crippen LogP contribution in [0.2, 0.25) is 0 Å². The van der Waals surface area contributed by atoms with Crippen LogP contribution in [0.1, 0.15) is 10.9 Å². The van der Waals surface area contributed by atoms with Crippen molar-refractivity contribution in [2.75, 3.05) is 10.7 Å². The predicted molar refractivity (Wildman–Crippen MR) is 102 cm³/mol. The molecule has 0 radical (unpaired) electrons. The van der Waals surface area contributed by atoms with Gasteiger partial charge in [0.15, 0.2) is 5.75 Å². The zero-order valence-corrected chi connectivity index (χ0v) is 14.7. The Labute approximate surface area is 155 Å². The first-order valence-corrected chi connectivity index (χ1v) is 9.29. The Morgan fingerprint density at radius 3 is 2.42 bits per heavy atom. The number of rotatable bonds is 4. The van der Waals surface area contributed by atoms with E-state index in [0.29, 0.717) is 28.5 Å². The molecule has 0 saturated carbocycles. The second-order valence-electron chi connectivity index (χ2n) is 5.83. The van der Waals surface area contributed by atoms with Crippen molar-refractivity contribution in [2.45, 2.75) is 5.37 Å². The summed E-state index contributed by atoms with van der Waals surface area (Å²) in [6.45, 7) is 0. The molecule has 0 spiro atoms. The minimum absolute atomic E-state index is 0.0626.